The molecule has 2 rings (SSSR count). The van der Waals surface area contributed by atoms with Crippen LogP contribution in [0.5, 0.6) is 0 Å². The average molecular weight is 348 g/mol. The zero-order valence-corrected chi connectivity index (χ0v) is 14.2. The van der Waals surface area contributed by atoms with Gasteiger partial charge in [0.25, 0.3) is 0 Å². The van der Waals surface area contributed by atoms with Crippen LogP contribution in [0.15, 0.2) is 29.3 Å². The molecule has 6 heteroatoms. The van der Waals surface area contributed by atoms with Gasteiger partial charge in [0.05, 0.1) is 11.6 Å². The molecule has 0 fully saturated rings. The molecule has 0 aliphatic rings. The molecule has 1 aromatic heterocycles. The van der Waals surface area contributed by atoms with Crippen molar-refractivity contribution in [1.82, 2.24) is 4.98 Å². The maximum Gasteiger partial charge on any atom is 0.124 e. The Morgan fingerprint density at radius 3 is 2.50 bits per heavy atom. The van der Waals surface area contributed by atoms with E-state index in [0.717, 1.165) is 11.3 Å². The van der Waals surface area contributed by atoms with Gasteiger partial charge < -0.3 is 0 Å². The van der Waals surface area contributed by atoms with E-state index < -0.39 is 5.25 Å². The minimum Gasteiger partial charge on any atom is -0.245 e. The molecule has 22 heavy (non-hydrogen) atoms. The van der Waals surface area contributed by atoms with Crippen molar-refractivity contribution in [3.63, 3.8) is 0 Å². The second-order valence-corrected chi connectivity index (χ2v) is 6.60. The average Bonchev–Trinajstić information content (AvgIpc) is 2.45. The lowest BCUT2D eigenvalue weighted by Gasteiger charge is -2.13. The first-order chi connectivity index (χ1) is 10.5. The normalized spacial score (nSPS) is 11.5. The van der Waals surface area contributed by atoms with Gasteiger partial charge in [-0.05, 0) is 43.2 Å². The fraction of sp³-hybridized carbons (Fsp3) is 0.188. The van der Waals surface area contributed by atoms with Crippen molar-refractivity contribution >= 4 is 35.0 Å². The zero-order chi connectivity index (χ0) is 16.3. The second-order valence-electron chi connectivity index (χ2n) is 4.67. The third kappa shape index (κ3) is 3.54. The molecular weight excluding hydrogens is 337 g/mol. The number of rotatable bonds is 3. The second kappa shape index (κ2) is 7.03. The lowest BCUT2D eigenvalue weighted by molar-refractivity contribution is 1.02. The molecule has 0 amide bonds. The number of nitrogens with zero attached hydrogens (tertiary/aromatic N) is 3. The molecule has 2 aromatic rings. The Kier molecular flexibility index (Phi) is 5.32. The van der Waals surface area contributed by atoms with Crippen molar-refractivity contribution in [3.8, 4) is 12.1 Å². The predicted octanol–water partition coefficient (Wildman–Crippen LogP) is 5.23. The lowest BCUT2D eigenvalue weighted by Crippen LogP contribution is -1.98. The fourth-order valence-corrected chi connectivity index (χ4v) is 3.72. The molecule has 0 N–H and O–H groups in total. The Hall–Kier alpha value is -1.72. The van der Waals surface area contributed by atoms with Crippen molar-refractivity contribution < 1.29 is 0 Å². The van der Waals surface area contributed by atoms with Gasteiger partial charge in [-0.1, -0.05) is 41.0 Å². The third-order valence-electron chi connectivity index (χ3n) is 3.02. The first kappa shape index (κ1) is 16.6. The predicted molar refractivity (Wildman–Crippen MR) is 89.1 cm³/mol. The van der Waals surface area contributed by atoms with Crippen LogP contribution in [0.4, 0.5) is 0 Å². The van der Waals surface area contributed by atoms with Crippen LogP contribution in [0.1, 0.15) is 27.6 Å². The highest BCUT2D eigenvalue weighted by molar-refractivity contribution is 7.99. The van der Waals surface area contributed by atoms with Crippen molar-refractivity contribution in [2.75, 3.05) is 0 Å². The number of halogens is 2. The van der Waals surface area contributed by atoms with Crippen LogP contribution in [0.25, 0.3) is 0 Å². The first-order valence-corrected chi connectivity index (χ1v) is 7.99. The highest BCUT2D eigenvalue weighted by atomic mass is 35.5. The molecule has 0 bridgehead atoms. The molecule has 1 heterocycles. The summed E-state index contributed by atoms with van der Waals surface area (Å²) in [5.41, 5.74) is 2.79. The highest BCUT2D eigenvalue weighted by Gasteiger charge is 2.20. The molecule has 0 radical (unpaired) electrons. The Bertz CT molecular complexity index is 806. The molecule has 1 aromatic carbocycles. The number of pyridine rings is 1. The van der Waals surface area contributed by atoms with Crippen LogP contribution in [-0.4, -0.2) is 4.98 Å². The first-order valence-electron chi connectivity index (χ1n) is 6.35. The highest BCUT2D eigenvalue weighted by Crippen LogP contribution is 2.39. The molecule has 0 saturated heterocycles. The molecule has 0 saturated carbocycles. The number of hydrogen-bond donors (Lipinski definition) is 0. The Balaban J connectivity index is 2.44. The molecule has 3 nitrogen and oxygen atoms in total. The number of aromatic nitrogens is 1. The van der Waals surface area contributed by atoms with Gasteiger partial charge in [0.15, 0.2) is 0 Å². The van der Waals surface area contributed by atoms with E-state index in [1.807, 2.05) is 19.9 Å². The standard InChI is InChI=1S/C16H11Cl2N3S/c1-9-5-10(2)21-16(13(9)7-19)22-15(8-20)12-4-3-11(17)6-14(12)18/h3-6,15H,1-2H3. The van der Waals surface area contributed by atoms with Crippen LogP contribution in [0.3, 0.4) is 0 Å². The summed E-state index contributed by atoms with van der Waals surface area (Å²) < 4.78 is 0. The zero-order valence-electron chi connectivity index (χ0n) is 11.9. The summed E-state index contributed by atoms with van der Waals surface area (Å²) in [6, 6.07) is 11.2. The minimum atomic E-state index is -0.564. The fourth-order valence-electron chi connectivity index (χ4n) is 2.01. The molecule has 0 aliphatic heterocycles. The Morgan fingerprint density at radius 1 is 1.18 bits per heavy atom. The van der Waals surface area contributed by atoms with E-state index in [9.17, 15) is 10.5 Å². The van der Waals surface area contributed by atoms with Gasteiger partial charge in [0.1, 0.15) is 16.3 Å². The molecular formula is C16H11Cl2N3S. The topological polar surface area (TPSA) is 60.5 Å². The summed E-state index contributed by atoms with van der Waals surface area (Å²) in [6.07, 6.45) is 0. The van der Waals surface area contributed by atoms with Gasteiger partial charge in [0, 0.05) is 15.7 Å². The van der Waals surface area contributed by atoms with Crippen molar-refractivity contribution in [2.45, 2.75) is 24.1 Å². The van der Waals surface area contributed by atoms with Gasteiger partial charge in [-0.15, -0.1) is 0 Å². The van der Waals surface area contributed by atoms with E-state index in [4.69, 9.17) is 23.2 Å². The number of nitriles is 2. The maximum absolute atomic E-state index is 9.46. The van der Waals surface area contributed by atoms with Gasteiger partial charge in [-0.3, -0.25) is 0 Å². The van der Waals surface area contributed by atoms with Crippen LogP contribution < -0.4 is 0 Å². The molecule has 110 valence electrons. The van der Waals surface area contributed by atoms with Crippen molar-refractivity contribution in [1.29, 1.82) is 10.5 Å². The van der Waals surface area contributed by atoms with Crippen LogP contribution in [0.2, 0.25) is 10.0 Å². The minimum absolute atomic E-state index is 0.425. The third-order valence-corrected chi connectivity index (χ3v) is 4.69. The van der Waals surface area contributed by atoms with Crippen molar-refractivity contribution in [3.05, 3.63) is 56.7 Å². The van der Waals surface area contributed by atoms with E-state index in [-0.39, 0.29) is 0 Å². The summed E-state index contributed by atoms with van der Waals surface area (Å²) in [5.74, 6) is 0. The van der Waals surface area contributed by atoms with Gasteiger partial charge in [-0.2, -0.15) is 10.5 Å². The summed E-state index contributed by atoms with van der Waals surface area (Å²) in [4.78, 5) is 4.39. The SMILES string of the molecule is Cc1cc(C)c(C#N)c(SC(C#N)c2ccc(Cl)cc2Cl)n1. The summed E-state index contributed by atoms with van der Waals surface area (Å²) in [5, 5.41) is 19.7. The summed E-state index contributed by atoms with van der Waals surface area (Å²) in [6.45, 7) is 3.71. The molecule has 1 atom stereocenters. The number of hydrogen-bond acceptors (Lipinski definition) is 4. The number of aryl methyl sites for hydroxylation is 2. The van der Waals surface area contributed by atoms with Gasteiger partial charge in [-0.25, -0.2) is 4.98 Å². The number of benzene rings is 1. The van der Waals surface area contributed by atoms with E-state index in [2.05, 4.69) is 17.1 Å². The van der Waals surface area contributed by atoms with Gasteiger partial charge >= 0.3 is 0 Å². The van der Waals surface area contributed by atoms with E-state index in [1.165, 1.54) is 11.8 Å². The van der Waals surface area contributed by atoms with E-state index in [0.29, 0.717) is 26.2 Å². The maximum atomic E-state index is 9.46. The number of thioether (sulfide) groups is 1. The van der Waals surface area contributed by atoms with E-state index in [1.54, 1.807) is 18.2 Å². The van der Waals surface area contributed by atoms with Crippen LogP contribution >= 0.6 is 35.0 Å². The van der Waals surface area contributed by atoms with Crippen LogP contribution in [-0.2, 0) is 0 Å². The van der Waals surface area contributed by atoms with Gasteiger partial charge in [0.2, 0.25) is 0 Å². The van der Waals surface area contributed by atoms with Crippen LogP contribution in [0, 0.1) is 36.5 Å². The molecule has 1 unspecified atom stereocenters. The largest absolute Gasteiger partial charge is 0.245 e. The van der Waals surface area contributed by atoms with E-state index >= 15 is 0 Å². The monoisotopic (exact) mass is 347 g/mol. The Morgan fingerprint density at radius 2 is 1.91 bits per heavy atom. The van der Waals surface area contributed by atoms with Crippen molar-refractivity contribution in [2.24, 2.45) is 0 Å². The summed E-state index contributed by atoms with van der Waals surface area (Å²) in [7, 11) is 0. The Labute approximate surface area is 143 Å². The molecule has 0 aliphatic carbocycles. The smallest absolute Gasteiger partial charge is 0.124 e. The quantitative estimate of drug-likeness (QED) is 0.712. The molecule has 0 spiro atoms. The summed E-state index contributed by atoms with van der Waals surface area (Å²) >= 11 is 13.3. The lowest BCUT2D eigenvalue weighted by atomic mass is 10.1.